The highest BCUT2D eigenvalue weighted by Crippen LogP contribution is 2.34. The molecule has 21 heavy (non-hydrogen) atoms. The molecule has 0 heterocycles. The molecular formula is C19H32FN. The van der Waals surface area contributed by atoms with Crippen LogP contribution in [-0.2, 0) is 0 Å². The highest BCUT2D eigenvalue weighted by Gasteiger charge is 2.24. The van der Waals surface area contributed by atoms with E-state index in [1.54, 1.807) is 0 Å². The minimum Gasteiger partial charge on any atom is -0.310 e. The highest BCUT2D eigenvalue weighted by atomic mass is 19.1. The Kier molecular flexibility index (Phi) is 6.40. The number of nitrogens with one attached hydrogen (secondary N) is 1. The number of benzene rings is 1. The van der Waals surface area contributed by atoms with Crippen molar-refractivity contribution in [2.24, 2.45) is 11.3 Å². The molecule has 0 radical (unpaired) electrons. The first-order chi connectivity index (χ1) is 9.66. The second-order valence-corrected chi connectivity index (χ2v) is 7.48. The molecule has 0 saturated carbocycles. The van der Waals surface area contributed by atoms with Gasteiger partial charge in [0.05, 0.1) is 0 Å². The van der Waals surface area contributed by atoms with E-state index in [1.165, 1.54) is 5.56 Å². The summed E-state index contributed by atoms with van der Waals surface area (Å²) in [6.45, 7) is 16.1. The van der Waals surface area contributed by atoms with E-state index in [9.17, 15) is 4.39 Å². The Balaban J connectivity index is 3.02. The van der Waals surface area contributed by atoms with Crippen LogP contribution >= 0.6 is 0 Å². The van der Waals surface area contributed by atoms with Crippen molar-refractivity contribution in [3.05, 3.63) is 34.6 Å². The summed E-state index contributed by atoms with van der Waals surface area (Å²) in [5, 5.41) is 3.64. The third-order valence-corrected chi connectivity index (χ3v) is 4.57. The van der Waals surface area contributed by atoms with E-state index >= 15 is 0 Å². The molecule has 120 valence electrons. The fourth-order valence-electron chi connectivity index (χ4n) is 2.54. The van der Waals surface area contributed by atoms with Crippen LogP contribution in [-0.4, -0.2) is 6.54 Å². The van der Waals surface area contributed by atoms with Crippen molar-refractivity contribution in [3.63, 3.8) is 0 Å². The topological polar surface area (TPSA) is 12.0 Å². The zero-order valence-electron chi connectivity index (χ0n) is 14.8. The second kappa shape index (κ2) is 7.40. The van der Waals surface area contributed by atoms with Crippen molar-refractivity contribution in [3.8, 4) is 0 Å². The molecule has 2 atom stereocenters. The van der Waals surface area contributed by atoms with Gasteiger partial charge in [-0.2, -0.15) is 0 Å². The summed E-state index contributed by atoms with van der Waals surface area (Å²) < 4.78 is 13.9. The lowest BCUT2D eigenvalue weighted by atomic mass is 9.77. The molecule has 0 amide bonds. The molecule has 2 heteroatoms. The molecule has 1 N–H and O–H groups in total. The summed E-state index contributed by atoms with van der Waals surface area (Å²) in [6, 6.07) is 4.31. The van der Waals surface area contributed by atoms with Gasteiger partial charge in [0.1, 0.15) is 5.82 Å². The molecular weight excluding hydrogens is 261 g/mol. The molecule has 0 aliphatic carbocycles. The molecule has 0 bridgehead atoms. The van der Waals surface area contributed by atoms with Gasteiger partial charge in [0.2, 0.25) is 0 Å². The van der Waals surface area contributed by atoms with Gasteiger partial charge in [-0.05, 0) is 61.3 Å². The van der Waals surface area contributed by atoms with Gasteiger partial charge in [0.15, 0.2) is 0 Å². The Morgan fingerprint density at radius 3 is 2.10 bits per heavy atom. The zero-order chi connectivity index (χ0) is 16.2. The molecule has 2 unspecified atom stereocenters. The molecule has 1 rings (SSSR count). The van der Waals surface area contributed by atoms with Crippen LogP contribution in [0.2, 0.25) is 0 Å². The van der Waals surface area contributed by atoms with Crippen LogP contribution in [0.25, 0.3) is 0 Å². The van der Waals surface area contributed by atoms with Gasteiger partial charge < -0.3 is 5.32 Å². The molecule has 0 aliphatic rings. The Morgan fingerprint density at radius 2 is 1.67 bits per heavy atom. The Hall–Kier alpha value is -0.890. The fraction of sp³-hybridized carbons (Fsp3) is 0.684. The van der Waals surface area contributed by atoms with Crippen molar-refractivity contribution in [1.29, 1.82) is 0 Å². The van der Waals surface area contributed by atoms with Crippen molar-refractivity contribution >= 4 is 0 Å². The van der Waals surface area contributed by atoms with Crippen LogP contribution in [0.1, 0.15) is 70.2 Å². The molecule has 1 aromatic rings. The first-order valence-electron chi connectivity index (χ1n) is 8.16. The largest absolute Gasteiger partial charge is 0.310 e. The minimum atomic E-state index is -0.0724. The lowest BCUT2D eigenvalue weighted by Crippen LogP contribution is -2.28. The lowest BCUT2D eigenvalue weighted by molar-refractivity contribution is 0.223. The van der Waals surface area contributed by atoms with Crippen molar-refractivity contribution < 1.29 is 4.39 Å². The summed E-state index contributed by atoms with van der Waals surface area (Å²) in [7, 11) is 0. The van der Waals surface area contributed by atoms with E-state index in [0.29, 0.717) is 12.0 Å². The van der Waals surface area contributed by atoms with E-state index < -0.39 is 0 Å². The maximum absolute atomic E-state index is 13.9. The van der Waals surface area contributed by atoms with Crippen molar-refractivity contribution in [1.82, 2.24) is 5.32 Å². The van der Waals surface area contributed by atoms with Gasteiger partial charge in [-0.25, -0.2) is 4.39 Å². The van der Waals surface area contributed by atoms with Gasteiger partial charge in [-0.1, -0.05) is 46.8 Å². The molecule has 0 aliphatic heterocycles. The summed E-state index contributed by atoms with van der Waals surface area (Å²) in [5.41, 5.74) is 3.00. The normalized spacial score (nSPS) is 15.0. The smallest absolute Gasteiger partial charge is 0.129 e. The average molecular weight is 293 g/mol. The fourth-order valence-corrected chi connectivity index (χ4v) is 2.54. The van der Waals surface area contributed by atoms with E-state index in [1.807, 2.05) is 26.0 Å². The standard InChI is InChI=1S/C19H32FN/c1-8-9-21-17(12-15(4)19(5,6)7)16-10-13(2)18(20)14(3)11-16/h10-11,15,17,21H,8-9,12H2,1-7H3. The molecule has 0 saturated heterocycles. The maximum atomic E-state index is 13.9. The summed E-state index contributed by atoms with van der Waals surface area (Å²) in [4.78, 5) is 0. The van der Waals surface area contributed by atoms with Gasteiger partial charge in [0.25, 0.3) is 0 Å². The zero-order valence-corrected chi connectivity index (χ0v) is 14.8. The average Bonchev–Trinajstić information content (AvgIpc) is 2.38. The number of hydrogen-bond acceptors (Lipinski definition) is 1. The molecule has 0 spiro atoms. The van der Waals surface area contributed by atoms with E-state index in [2.05, 4.69) is 39.9 Å². The Bertz CT molecular complexity index is 436. The van der Waals surface area contributed by atoms with Gasteiger partial charge in [-0.3, -0.25) is 0 Å². The van der Waals surface area contributed by atoms with Crippen molar-refractivity contribution in [2.45, 2.75) is 67.3 Å². The SMILES string of the molecule is CCCNC(CC(C)C(C)(C)C)c1cc(C)c(F)c(C)c1. The van der Waals surface area contributed by atoms with Gasteiger partial charge >= 0.3 is 0 Å². The van der Waals surface area contributed by atoms with Crippen molar-refractivity contribution in [2.75, 3.05) is 6.54 Å². The first kappa shape index (κ1) is 18.2. The maximum Gasteiger partial charge on any atom is 0.129 e. The second-order valence-electron chi connectivity index (χ2n) is 7.48. The van der Waals surface area contributed by atoms with Crippen LogP contribution in [0.4, 0.5) is 4.39 Å². The number of hydrogen-bond donors (Lipinski definition) is 1. The predicted molar refractivity (Wildman–Crippen MR) is 90.1 cm³/mol. The van der Waals surface area contributed by atoms with E-state index in [4.69, 9.17) is 0 Å². The monoisotopic (exact) mass is 293 g/mol. The molecule has 1 nitrogen and oxygen atoms in total. The first-order valence-corrected chi connectivity index (χ1v) is 8.16. The quantitative estimate of drug-likeness (QED) is 0.724. The number of aryl methyl sites for hydroxylation is 2. The van der Waals surface area contributed by atoms with E-state index in [-0.39, 0.29) is 11.2 Å². The third-order valence-electron chi connectivity index (χ3n) is 4.57. The summed E-state index contributed by atoms with van der Waals surface area (Å²) >= 11 is 0. The molecule has 0 fully saturated rings. The highest BCUT2D eigenvalue weighted by molar-refractivity contribution is 5.32. The van der Waals surface area contributed by atoms with Crippen LogP contribution in [0.5, 0.6) is 0 Å². The third kappa shape index (κ3) is 5.10. The van der Waals surface area contributed by atoms with E-state index in [0.717, 1.165) is 30.5 Å². The van der Waals surface area contributed by atoms with Crippen LogP contribution in [0.15, 0.2) is 12.1 Å². The van der Waals surface area contributed by atoms with Crippen LogP contribution < -0.4 is 5.32 Å². The van der Waals surface area contributed by atoms with Gasteiger partial charge in [0, 0.05) is 6.04 Å². The predicted octanol–water partition coefficient (Wildman–Crippen LogP) is 5.56. The summed E-state index contributed by atoms with van der Waals surface area (Å²) in [6.07, 6.45) is 2.19. The Labute approximate surface area is 130 Å². The molecule has 0 aromatic heterocycles. The van der Waals surface area contributed by atoms with Gasteiger partial charge in [-0.15, -0.1) is 0 Å². The number of halogens is 1. The lowest BCUT2D eigenvalue weighted by Gasteiger charge is -2.32. The Morgan fingerprint density at radius 1 is 1.14 bits per heavy atom. The minimum absolute atomic E-state index is 0.0724. The molecule has 1 aromatic carbocycles. The summed E-state index contributed by atoms with van der Waals surface area (Å²) in [5.74, 6) is 0.523. The van der Waals surface area contributed by atoms with Crippen LogP contribution in [0, 0.1) is 31.0 Å². The van der Waals surface area contributed by atoms with Crippen LogP contribution in [0.3, 0.4) is 0 Å². The number of rotatable bonds is 6.